The Hall–Kier alpha value is -0.930. The van der Waals surface area contributed by atoms with Gasteiger partial charge < -0.3 is 9.47 Å². The van der Waals surface area contributed by atoms with E-state index in [2.05, 4.69) is 25.8 Å². The zero-order valence-electron chi connectivity index (χ0n) is 12.1. The molecule has 2 saturated heterocycles. The number of rotatable bonds is 4. The van der Waals surface area contributed by atoms with E-state index in [0.29, 0.717) is 12.5 Å². The van der Waals surface area contributed by atoms with Crippen molar-refractivity contribution in [3.63, 3.8) is 0 Å². The van der Waals surface area contributed by atoms with E-state index in [1.165, 1.54) is 6.42 Å². The molecule has 3 rings (SSSR count). The predicted molar refractivity (Wildman–Crippen MR) is 73.7 cm³/mol. The standard InChI is InChI=1S/C16H23NO2/c1-12(2)16-8-7-15(3,19-16)14(10-16)18-11-13-6-4-5-9-17-13/h4-6,9,12,14H,7-8,10-11H2,1-3H3/t14-,15?,16?/m1/s1. The van der Waals surface area contributed by atoms with Gasteiger partial charge in [0.25, 0.3) is 0 Å². The molecule has 0 N–H and O–H groups in total. The molecule has 0 radical (unpaired) electrons. The number of aromatic nitrogens is 1. The first-order valence-corrected chi connectivity index (χ1v) is 7.26. The summed E-state index contributed by atoms with van der Waals surface area (Å²) in [4.78, 5) is 4.31. The van der Waals surface area contributed by atoms with Crippen LogP contribution in [0.3, 0.4) is 0 Å². The van der Waals surface area contributed by atoms with Gasteiger partial charge in [0.05, 0.1) is 29.6 Å². The maximum atomic E-state index is 6.36. The summed E-state index contributed by atoms with van der Waals surface area (Å²) in [5.41, 5.74) is 0.940. The molecular weight excluding hydrogens is 238 g/mol. The van der Waals surface area contributed by atoms with Crippen LogP contribution in [0.1, 0.15) is 45.7 Å². The fraction of sp³-hybridized carbons (Fsp3) is 0.688. The van der Waals surface area contributed by atoms with Crippen molar-refractivity contribution in [3.05, 3.63) is 30.1 Å². The Bertz CT molecular complexity index is 447. The summed E-state index contributed by atoms with van der Waals surface area (Å²) in [5.74, 6) is 0.553. The number of pyridine rings is 1. The average molecular weight is 261 g/mol. The monoisotopic (exact) mass is 261 g/mol. The van der Waals surface area contributed by atoms with E-state index in [0.717, 1.165) is 18.5 Å². The summed E-state index contributed by atoms with van der Waals surface area (Å²) in [7, 11) is 0. The highest BCUT2D eigenvalue weighted by atomic mass is 16.6. The lowest BCUT2D eigenvalue weighted by Gasteiger charge is -2.31. The molecular formula is C16H23NO2. The Morgan fingerprint density at radius 1 is 1.42 bits per heavy atom. The van der Waals surface area contributed by atoms with Crippen LogP contribution in [0, 0.1) is 5.92 Å². The van der Waals surface area contributed by atoms with Gasteiger partial charge in [-0.15, -0.1) is 0 Å². The van der Waals surface area contributed by atoms with E-state index in [-0.39, 0.29) is 17.3 Å². The van der Waals surface area contributed by atoms with Crippen molar-refractivity contribution in [3.8, 4) is 0 Å². The van der Waals surface area contributed by atoms with Crippen LogP contribution >= 0.6 is 0 Å². The molecule has 0 aromatic carbocycles. The SMILES string of the molecule is CC(C)C12CCC(C)(O1)[C@H](OCc1ccccn1)C2. The predicted octanol–water partition coefficient (Wildman–Crippen LogP) is 3.33. The summed E-state index contributed by atoms with van der Waals surface area (Å²) in [6.07, 6.45) is 5.31. The van der Waals surface area contributed by atoms with Gasteiger partial charge in [-0.05, 0) is 37.8 Å². The highest BCUT2D eigenvalue weighted by molar-refractivity contribution is 5.10. The van der Waals surface area contributed by atoms with Crippen molar-refractivity contribution in [1.82, 2.24) is 4.98 Å². The van der Waals surface area contributed by atoms with Crippen molar-refractivity contribution in [2.75, 3.05) is 0 Å². The van der Waals surface area contributed by atoms with Gasteiger partial charge in [0.2, 0.25) is 0 Å². The van der Waals surface area contributed by atoms with Gasteiger partial charge in [-0.25, -0.2) is 0 Å². The third-order valence-electron chi connectivity index (χ3n) is 4.90. The Labute approximate surface area is 115 Å². The number of nitrogens with zero attached hydrogens (tertiary/aromatic N) is 1. The van der Waals surface area contributed by atoms with Crippen molar-refractivity contribution in [2.24, 2.45) is 5.92 Å². The third-order valence-corrected chi connectivity index (χ3v) is 4.90. The van der Waals surface area contributed by atoms with Crippen LogP contribution in [0.5, 0.6) is 0 Å². The molecule has 2 aliphatic rings. The molecule has 19 heavy (non-hydrogen) atoms. The fourth-order valence-electron chi connectivity index (χ4n) is 3.47. The smallest absolute Gasteiger partial charge is 0.0925 e. The molecule has 0 saturated carbocycles. The lowest BCUT2D eigenvalue weighted by Crippen LogP contribution is -2.38. The summed E-state index contributed by atoms with van der Waals surface area (Å²) in [6, 6.07) is 5.94. The van der Waals surface area contributed by atoms with Crippen LogP contribution in [-0.4, -0.2) is 22.3 Å². The van der Waals surface area contributed by atoms with Crippen molar-refractivity contribution in [2.45, 2.75) is 63.9 Å². The van der Waals surface area contributed by atoms with Crippen molar-refractivity contribution < 1.29 is 9.47 Å². The van der Waals surface area contributed by atoms with Gasteiger partial charge in [0.1, 0.15) is 0 Å². The Morgan fingerprint density at radius 2 is 2.26 bits per heavy atom. The molecule has 2 bridgehead atoms. The van der Waals surface area contributed by atoms with E-state index in [1.54, 1.807) is 0 Å². The second-order valence-electron chi connectivity index (χ2n) is 6.46. The maximum Gasteiger partial charge on any atom is 0.0925 e. The van der Waals surface area contributed by atoms with Crippen LogP contribution < -0.4 is 0 Å². The molecule has 0 amide bonds. The molecule has 2 unspecified atom stereocenters. The van der Waals surface area contributed by atoms with Crippen molar-refractivity contribution in [1.29, 1.82) is 0 Å². The number of ether oxygens (including phenoxy) is 2. The molecule has 3 heteroatoms. The van der Waals surface area contributed by atoms with Crippen LogP contribution in [0.4, 0.5) is 0 Å². The zero-order valence-corrected chi connectivity index (χ0v) is 12.1. The van der Waals surface area contributed by atoms with Gasteiger partial charge in [-0.3, -0.25) is 4.98 Å². The van der Waals surface area contributed by atoms with Gasteiger partial charge >= 0.3 is 0 Å². The first-order valence-electron chi connectivity index (χ1n) is 7.26. The number of hydrogen-bond donors (Lipinski definition) is 0. The minimum Gasteiger partial charge on any atom is -0.369 e. The summed E-state index contributed by atoms with van der Waals surface area (Å²) in [6.45, 7) is 7.30. The highest BCUT2D eigenvalue weighted by Crippen LogP contribution is 2.55. The van der Waals surface area contributed by atoms with E-state index in [9.17, 15) is 0 Å². The maximum absolute atomic E-state index is 6.36. The quantitative estimate of drug-likeness (QED) is 0.833. The van der Waals surface area contributed by atoms with Gasteiger partial charge in [-0.1, -0.05) is 19.9 Å². The lowest BCUT2D eigenvalue weighted by atomic mass is 9.75. The topological polar surface area (TPSA) is 31.4 Å². The molecule has 2 aliphatic heterocycles. The molecule has 3 nitrogen and oxygen atoms in total. The van der Waals surface area contributed by atoms with E-state index in [1.807, 2.05) is 24.4 Å². The molecule has 2 fully saturated rings. The second-order valence-corrected chi connectivity index (χ2v) is 6.46. The van der Waals surface area contributed by atoms with Gasteiger partial charge in [0.15, 0.2) is 0 Å². The van der Waals surface area contributed by atoms with E-state index < -0.39 is 0 Å². The van der Waals surface area contributed by atoms with Crippen LogP contribution in [-0.2, 0) is 16.1 Å². The fourth-order valence-corrected chi connectivity index (χ4v) is 3.47. The first-order chi connectivity index (χ1) is 9.04. The molecule has 104 valence electrons. The number of hydrogen-bond acceptors (Lipinski definition) is 3. The zero-order chi connectivity index (χ0) is 13.5. The molecule has 0 aliphatic carbocycles. The van der Waals surface area contributed by atoms with Crippen LogP contribution in [0.15, 0.2) is 24.4 Å². The Kier molecular flexibility index (Phi) is 3.14. The first kappa shape index (κ1) is 13.1. The van der Waals surface area contributed by atoms with Gasteiger partial charge in [0, 0.05) is 12.6 Å². The summed E-state index contributed by atoms with van der Waals surface area (Å²) >= 11 is 0. The average Bonchev–Trinajstić information content (AvgIpc) is 2.90. The normalized spacial score (nSPS) is 37.2. The third kappa shape index (κ3) is 2.19. The minimum absolute atomic E-state index is 0.0452. The summed E-state index contributed by atoms with van der Waals surface area (Å²) < 4.78 is 12.5. The molecule has 0 spiro atoms. The molecule has 3 atom stereocenters. The lowest BCUT2D eigenvalue weighted by molar-refractivity contribution is -0.0963. The Morgan fingerprint density at radius 3 is 2.89 bits per heavy atom. The molecule has 1 aromatic rings. The molecule has 1 aromatic heterocycles. The number of fused-ring (bicyclic) bond motifs is 2. The summed E-state index contributed by atoms with van der Waals surface area (Å²) in [5, 5.41) is 0. The Balaban J connectivity index is 1.67. The van der Waals surface area contributed by atoms with Gasteiger partial charge in [-0.2, -0.15) is 0 Å². The van der Waals surface area contributed by atoms with Crippen molar-refractivity contribution >= 4 is 0 Å². The largest absolute Gasteiger partial charge is 0.369 e. The van der Waals surface area contributed by atoms with E-state index >= 15 is 0 Å². The highest BCUT2D eigenvalue weighted by Gasteiger charge is 2.60. The minimum atomic E-state index is -0.0982. The van der Waals surface area contributed by atoms with Crippen LogP contribution in [0.2, 0.25) is 0 Å². The van der Waals surface area contributed by atoms with Crippen LogP contribution in [0.25, 0.3) is 0 Å². The van der Waals surface area contributed by atoms with E-state index in [4.69, 9.17) is 9.47 Å². The second kappa shape index (κ2) is 4.57. The molecule has 3 heterocycles.